The van der Waals surface area contributed by atoms with Crippen molar-refractivity contribution in [2.75, 3.05) is 39.1 Å². The third-order valence-electron chi connectivity index (χ3n) is 4.82. The number of hydrogen-bond acceptors (Lipinski definition) is 4. The molecule has 0 saturated carbocycles. The molecule has 0 bridgehead atoms. The fraction of sp³-hybridized carbons (Fsp3) is 0.333. The average molecular weight is 439 g/mol. The first-order chi connectivity index (χ1) is 14.1. The molecule has 0 aliphatic heterocycles. The van der Waals surface area contributed by atoms with Crippen molar-refractivity contribution in [3.63, 3.8) is 0 Å². The minimum absolute atomic E-state index is 0.0588. The van der Waals surface area contributed by atoms with E-state index in [1.807, 2.05) is 32.1 Å². The van der Waals surface area contributed by atoms with Crippen molar-refractivity contribution in [2.45, 2.75) is 12.1 Å². The first-order valence-electron chi connectivity index (χ1n) is 9.27. The van der Waals surface area contributed by atoms with Gasteiger partial charge in [-0.05, 0) is 56.6 Å². The van der Waals surface area contributed by atoms with Gasteiger partial charge >= 0.3 is 6.18 Å². The van der Waals surface area contributed by atoms with Gasteiger partial charge in [-0.15, -0.1) is 11.6 Å². The van der Waals surface area contributed by atoms with Crippen LogP contribution in [0.3, 0.4) is 0 Å². The predicted molar refractivity (Wildman–Crippen MR) is 114 cm³/mol. The molecule has 0 fully saturated rings. The highest BCUT2D eigenvalue weighted by Crippen LogP contribution is 2.30. The Hall–Kier alpha value is -2.58. The molecule has 5 nitrogen and oxygen atoms in total. The lowest BCUT2D eigenvalue weighted by molar-refractivity contribution is -0.137. The number of likely N-dealkylation sites (N-methyl/N-ethyl adjacent to an activating group) is 2. The minimum Gasteiger partial charge on any atom is -0.373 e. The molecule has 0 spiro atoms. The normalized spacial score (nSPS) is 12.0. The lowest BCUT2D eigenvalue weighted by atomic mass is 10.1. The Balaban J connectivity index is 2.10. The summed E-state index contributed by atoms with van der Waals surface area (Å²) in [5.41, 5.74) is 0.456. The monoisotopic (exact) mass is 438 g/mol. The van der Waals surface area contributed by atoms with Crippen LogP contribution < -0.4 is 10.5 Å². The summed E-state index contributed by atoms with van der Waals surface area (Å²) in [5, 5.41) is 0.373. The van der Waals surface area contributed by atoms with Crippen molar-refractivity contribution < 1.29 is 13.2 Å². The van der Waals surface area contributed by atoms with Crippen LogP contribution >= 0.6 is 11.6 Å². The third kappa shape index (κ3) is 4.60. The summed E-state index contributed by atoms with van der Waals surface area (Å²) in [4.78, 5) is 21.8. The van der Waals surface area contributed by atoms with Crippen molar-refractivity contribution in [3.8, 4) is 5.69 Å². The first-order valence-corrected chi connectivity index (χ1v) is 9.80. The zero-order valence-electron chi connectivity index (χ0n) is 16.9. The summed E-state index contributed by atoms with van der Waals surface area (Å²) in [6.07, 6.45) is -4.45. The van der Waals surface area contributed by atoms with Crippen LogP contribution in [0.5, 0.6) is 0 Å². The van der Waals surface area contributed by atoms with E-state index in [9.17, 15) is 18.0 Å². The SMILES string of the molecule is CN(C)CCN(C)c1ccc2nc(CCl)n(-c3ccc(C(F)(F)F)cc3)c(=O)c2c1. The highest BCUT2D eigenvalue weighted by molar-refractivity contribution is 6.16. The van der Waals surface area contributed by atoms with Gasteiger partial charge in [0.15, 0.2) is 0 Å². The molecule has 3 rings (SSSR count). The number of nitrogens with zero attached hydrogens (tertiary/aromatic N) is 4. The number of alkyl halides is 4. The van der Waals surface area contributed by atoms with Gasteiger partial charge in [-0.25, -0.2) is 4.98 Å². The number of rotatable bonds is 6. The lowest BCUT2D eigenvalue weighted by Gasteiger charge is -2.22. The Kier molecular flexibility index (Phi) is 6.38. The molecule has 0 aliphatic carbocycles. The van der Waals surface area contributed by atoms with E-state index in [1.165, 1.54) is 16.7 Å². The molecule has 3 aromatic rings. The molecule has 0 saturated heterocycles. The average Bonchev–Trinajstić information content (AvgIpc) is 2.71. The molecule has 0 N–H and O–H groups in total. The number of halogens is 4. The molecule has 0 atom stereocenters. The third-order valence-corrected chi connectivity index (χ3v) is 5.06. The van der Waals surface area contributed by atoms with Gasteiger partial charge in [0.2, 0.25) is 0 Å². The van der Waals surface area contributed by atoms with Crippen LogP contribution in [0.15, 0.2) is 47.3 Å². The van der Waals surface area contributed by atoms with Gasteiger partial charge in [0.1, 0.15) is 5.82 Å². The van der Waals surface area contributed by atoms with E-state index >= 15 is 0 Å². The van der Waals surface area contributed by atoms with E-state index in [2.05, 4.69) is 9.88 Å². The van der Waals surface area contributed by atoms with Crippen LogP contribution in [0.4, 0.5) is 18.9 Å². The van der Waals surface area contributed by atoms with E-state index in [4.69, 9.17) is 11.6 Å². The standard InChI is InChI=1S/C21H22ClF3N4O/c1-27(2)10-11-28(3)16-8-9-18-17(12-16)20(30)29(19(13-22)26-18)15-6-4-14(5-7-15)21(23,24)25/h4-9,12H,10-11,13H2,1-3H3. The highest BCUT2D eigenvalue weighted by Gasteiger charge is 2.30. The van der Waals surface area contributed by atoms with Crippen LogP contribution in [-0.4, -0.2) is 48.7 Å². The van der Waals surface area contributed by atoms with Gasteiger partial charge in [0.05, 0.1) is 28.0 Å². The smallest absolute Gasteiger partial charge is 0.373 e. The lowest BCUT2D eigenvalue weighted by Crippen LogP contribution is -2.29. The molecule has 0 radical (unpaired) electrons. The number of anilines is 1. The summed E-state index contributed by atoms with van der Waals surface area (Å²) in [7, 11) is 5.89. The molecule has 0 unspecified atom stereocenters. The van der Waals surface area contributed by atoms with Crippen molar-refractivity contribution in [1.82, 2.24) is 14.5 Å². The zero-order chi connectivity index (χ0) is 22.1. The molecular weight excluding hydrogens is 417 g/mol. The van der Waals surface area contributed by atoms with E-state index in [-0.39, 0.29) is 23.0 Å². The minimum atomic E-state index is -4.45. The fourth-order valence-corrected chi connectivity index (χ4v) is 3.27. The van der Waals surface area contributed by atoms with E-state index in [1.54, 1.807) is 12.1 Å². The molecule has 30 heavy (non-hydrogen) atoms. The van der Waals surface area contributed by atoms with Gasteiger partial charge in [-0.1, -0.05) is 0 Å². The Labute approximate surface area is 177 Å². The van der Waals surface area contributed by atoms with Crippen molar-refractivity contribution >= 4 is 28.2 Å². The van der Waals surface area contributed by atoms with Gasteiger partial charge in [0, 0.05) is 25.8 Å². The summed E-state index contributed by atoms with van der Waals surface area (Å²) in [6.45, 7) is 1.60. The second-order valence-corrected chi connectivity index (χ2v) is 7.54. The Morgan fingerprint density at radius 1 is 1.03 bits per heavy atom. The second kappa shape index (κ2) is 8.65. The van der Waals surface area contributed by atoms with Crippen LogP contribution in [0.1, 0.15) is 11.4 Å². The number of hydrogen-bond donors (Lipinski definition) is 0. The number of aromatic nitrogens is 2. The zero-order valence-corrected chi connectivity index (χ0v) is 17.6. The van der Waals surface area contributed by atoms with Crippen LogP contribution in [0.25, 0.3) is 16.6 Å². The molecule has 1 heterocycles. The Morgan fingerprint density at radius 3 is 2.27 bits per heavy atom. The largest absolute Gasteiger partial charge is 0.416 e. The molecule has 1 aromatic heterocycles. The summed E-state index contributed by atoms with van der Waals surface area (Å²) < 4.78 is 39.9. The Morgan fingerprint density at radius 2 is 1.70 bits per heavy atom. The maximum absolute atomic E-state index is 13.2. The van der Waals surface area contributed by atoms with E-state index in [0.29, 0.717) is 10.9 Å². The first kappa shape index (κ1) is 22.1. The maximum atomic E-state index is 13.2. The molecular formula is C21H22ClF3N4O. The van der Waals surface area contributed by atoms with Gasteiger partial charge < -0.3 is 9.80 Å². The molecule has 2 aromatic carbocycles. The van der Waals surface area contributed by atoms with Crippen LogP contribution in [0, 0.1) is 0 Å². The maximum Gasteiger partial charge on any atom is 0.416 e. The molecule has 0 aliphatic rings. The second-order valence-electron chi connectivity index (χ2n) is 7.27. The Bertz CT molecular complexity index is 1090. The van der Waals surface area contributed by atoms with Gasteiger partial charge in [0.25, 0.3) is 5.56 Å². The van der Waals surface area contributed by atoms with Gasteiger partial charge in [-0.2, -0.15) is 13.2 Å². The number of fused-ring (bicyclic) bond motifs is 1. The van der Waals surface area contributed by atoms with E-state index < -0.39 is 11.7 Å². The summed E-state index contributed by atoms with van der Waals surface area (Å²) in [6, 6.07) is 9.77. The van der Waals surface area contributed by atoms with Crippen molar-refractivity contribution in [3.05, 3.63) is 64.2 Å². The van der Waals surface area contributed by atoms with Crippen molar-refractivity contribution in [1.29, 1.82) is 0 Å². The van der Waals surface area contributed by atoms with Crippen LogP contribution in [0.2, 0.25) is 0 Å². The summed E-state index contributed by atoms with van der Waals surface area (Å²) >= 11 is 6.00. The highest BCUT2D eigenvalue weighted by atomic mass is 35.5. The fourth-order valence-electron chi connectivity index (χ4n) is 3.09. The van der Waals surface area contributed by atoms with Crippen molar-refractivity contribution in [2.24, 2.45) is 0 Å². The van der Waals surface area contributed by atoms with Gasteiger partial charge in [-0.3, -0.25) is 9.36 Å². The summed E-state index contributed by atoms with van der Waals surface area (Å²) in [5.74, 6) is 0.207. The van der Waals surface area contributed by atoms with E-state index in [0.717, 1.165) is 30.9 Å². The predicted octanol–water partition coefficient (Wildman–Crippen LogP) is 4.14. The topological polar surface area (TPSA) is 41.4 Å². The number of benzene rings is 2. The quantitative estimate of drug-likeness (QED) is 0.542. The molecule has 9 heteroatoms. The molecule has 160 valence electrons. The molecule has 0 amide bonds. The van der Waals surface area contributed by atoms with Crippen LogP contribution in [-0.2, 0) is 12.1 Å².